The number of ether oxygens (including phenoxy) is 2. The average Bonchev–Trinajstić information content (AvgIpc) is 2.63. The average molecular weight is 245 g/mol. The van der Waals surface area contributed by atoms with Crippen LogP contribution in [-0.4, -0.2) is 70.1 Å². The summed E-state index contributed by atoms with van der Waals surface area (Å²) >= 11 is 0. The van der Waals surface area contributed by atoms with Gasteiger partial charge in [-0.2, -0.15) is 0 Å². The summed E-state index contributed by atoms with van der Waals surface area (Å²) in [5.74, 6) is 0. The standard InChI is InChI=1S/C11H23N3O3/c1-10-9-13-11(15)14(10)4-6-17-8-7-16-5-3-12-2/h10,12H,3-9H2,1-2H3,(H,13,15). The van der Waals surface area contributed by atoms with Gasteiger partial charge in [0.1, 0.15) is 0 Å². The minimum absolute atomic E-state index is 0.00590. The van der Waals surface area contributed by atoms with E-state index in [4.69, 9.17) is 9.47 Å². The molecule has 1 aliphatic rings. The van der Waals surface area contributed by atoms with Crippen LogP contribution in [0, 0.1) is 0 Å². The zero-order chi connectivity index (χ0) is 12.5. The molecule has 0 aliphatic carbocycles. The molecule has 1 atom stereocenters. The minimum Gasteiger partial charge on any atom is -0.378 e. The number of nitrogens with one attached hydrogen (secondary N) is 2. The molecule has 6 nitrogen and oxygen atoms in total. The van der Waals surface area contributed by atoms with Crippen LogP contribution in [0.3, 0.4) is 0 Å². The fourth-order valence-electron chi connectivity index (χ4n) is 1.63. The largest absolute Gasteiger partial charge is 0.378 e. The Morgan fingerprint density at radius 1 is 1.35 bits per heavy atom. The first-order chi connectivity index (χ1) is 8.25. The summed E-state index contributed by atoms with van der Waals surface area (Å²) in [6, 6.07) is 0.268. The maximum absolute atomic E-state index is 11.4. The Balaban J connectivity index is 1.92. The van der Waals surface area contributed by atoms with Crippen LogP contribution in [0.15, 0.2) is 0 Å². The quantitative estimate of drug-likeness (QED) is 0.545. The van der Waals surface area contributed by atoms with Crippen LogP contribution in [0.5, 0.6) is 0 Å². The van der Waals surface area contributed by atoms with Crippen LogP contribution in [0.25, 0.3) is 0 Å². The molecule has 0 saturated carbocycles. The second-order valence-electron chi connectivity index (χ2n) is 4.06. The molecule has 2 N–H and O–H groups in total. The molecular weight excluding hydrogens is 222 g/mol. The van der Waals surface area contributed by atoms with E-state index in [2.05, 4.69) is 10.6 Å². The van der Waals surface area contributed by atoms with Gasteiger partial charge in [0.2, 0.25) is 0 Å². The lowest BCUT2D eigenvalue weighted by Gasteiger charge is -2.19. The van der Waals surface area contributed by atoms with Crippen molar-refractivity contribution in [1.29, 1.82) is 0 Å². The minimum atomic E-state index is 0.00590. The van der Waals surface area contributed by atoms with Gasteiger partial charge in [0, 0.05) is 25.7 Å². The van der Waals surface area contributed by atoms with E-state index >= 15 is 0 Å². The molecule has 0 bridgehead atoms. The maximum atomic E-state index is 11.4. The third-order valence-electron chi connectivity index (χ3n) is 2.69. The van der Waals surface area contributed by atoms with Crippen LogP contribution < -0.4 is 10.6 Å². The molecule has 1 unspecified atom stereocenters. The van der Waals surface area contributed by atoms with Crippen LogP contribution >= 0.6 is 0 Å². The van der Waals surface area contributed by atoms with Gasteiger partial charge >= 0.3 is 6.03 Å². The van der Waals surface area contributed by atoms with Crippen molar-refractivity contribution in [2.24, 2.45) is 0 Å². The van der Waals surface area contributed by atoms with Crippen molar-refractivity contribution >= 4 is 6.03 Å². The van der Waals surface area contributed by atoms with E-state index in [0.717, 1.165) is 13.1 Å². The van der Waals surface area contributed by atoms with Gasteiger partial charge in [-0.1, -0.05) is 0 Å². The Kier molecular flexibility index (Phi) is 6.91. The topological polar surface area (TPSA) is 62.8 Å². The van der Waals surface area contributed by atoms with Gasteiger partial charge in [-0.25, -0.2) is 4.79 Å². The number of carbonyl (C=O) groups excluding carboxylic acids is 1. The highest BCUT2D eigenvalue weighted by molar-refractivity contribution is 5.76. The molecule has 0 radical (unpaired) electrons. The predicted octanol–water partition coefficient (Wildman–Crippen LogP) is -0.347. The van der Waals surface area contributed by atoms with Crippen molar-refractivity contribution in [2.75, 3.05) is 53.1 Å². The highest BCUT2D eigenvalue weighted by Gasteiger charge is 2.26. The normalized spacial score (nSPS) is 19.8. The molecule has 100 valence electrons. The fraction of sp³-hybridized carbons (Fsp3) is 0.909. The van der Waals surface area contributed by atoms with Gasteiger partial charge in [-0.15, -0.1) is 0 Å². The second-order valence-corrected chi connectivity index (χ2v) is 4.06. The van der Waals surface area contributed by atoms with Gasteiger partial charge < -0.3 is 25.0 Å². The summed E-state index contributed by atoms with van der Waals surface area (Å²) in [6.45, 7) is 6.69. The number of likely N-dealkylation sites (N-methyl/N-ethyl adjacent to an activating group) is 1. The first-order valence-electron chi connectivity index (χ1n) is 6.10. The third-order valence-corrected chi connectivity index (χ3v) is 2.69. The van der Waals surface area contributed by atoms with Gasteiger partial charge in [0.15, 0.2) is 0 Å². The van der Waals surface area contributed by atoms with Crippen molar-refractivity contribution < 1.29 is 14.3 Å². The molecular formula is C11H23N3O3. The van der Waals surface area contributed by atoms with E-state index in [1.54, 1.807) is 4.90 Å². The Labute approximate surface area is 103 Å². The number of amides is 2. The second kappa shape index (κ2) is 8.27. The van der Waals surface area contributed by atoms with Crippen molar-refractivity contribution in [1.82, 2.24) is 15.5 Å². The van der Waals surface area contributed by atoms with Crippen molar-refractivity contribution in [3.63, 3.8) is 0 Å². The molecule has 0 aromatic carbocycles. The first-order valence-corrected chi connectivity index (χ1v) is 6.10. The molecule has 0 spiro atoms. The van der Waals surface area contributed by atoms with Gasteiger partial charge in [-0.05, 0) is 14.0 Å². The van der Waals surface area contributed by atoms with Crippen LogP contribution in [0.2, 0.25) is 0 Å². The van der Waals surface area contributed by atoms with E-state index < -0.39 is 0 Å². The van der Waals surface area contributed by atoms with Crippen molar-refractivity contribution in [3.05, 3.63) is 0 Å². The molecule has 1 rings (SSSR count). The van der Waals surface area contributed by atoms with E-state index in [9.17, 15) is 4.79 Å². The Hall–Kier alpha value is -0.850. The number of hydrogen-bond acceptors (Lipinski definition) is 4. The summed E-state index contributed by atoms with van der Waals surface area (Å²) in [5, 5.41) is 5.79. The van der Waals surface area contributed by atoms with Gasteiger partial charge in [0.05, 0.1) is 26.4 Å². The Bertz CT molecular complexity index is 226. The number of hydrogen-bond donors (Lipinski definition) is 2. The lowest BCUT2D eigenvalue weighted by atomic mass is 10.3. The van der Waals surface area contributed by atoms with Gasteiger partial charge in [0.25, 0.3) is 0 Å². The fourth-order valence-corrected chi connectivity index (χ4v) is 1.63. The molecule has 1 aliphatic heterocycles. The van der Waals surface area contributed by atoms with E-state index in [0.29, 0.717) is 33.0 Å². The van der Waals surface area contributed by atoms with Crippen LogP contribution in [0.4, 0.5) is 4.79 Å². The number of rotatable bonds is 9. The molecule has 1 saturated heterocycles. The lowest BCUT2D eigenvalue weighted by molar-refractivity contribution is 0.0424. The summed E-state index contributed by atoms with van der Waals surface area (Å²) < 4.78 is 10.7. The SMILES string of the molecule is CNCCOCCOCCN1C(=O)NCC1C. The number of carbonyl (C=O) groups is 1. The van der Waals surface area contributed by atoms with Crippen molar-refractivity contribution in [2.45, 2.75) is 13.0 Å². The van der Waals surface area contributed by atoms with E-state index in [1.807, 2.05) is 14.0 Å². The third kappa shape index (κ3) is 5.34. The highest BCUT2D eigenvalue weighted by Crippen LogP contribution is 2.04. The summed E-state index contributed by atoms with van der Waals surface area (Å²) in [6.07, 6.45) is 0. The monoisotopic (exact) mass is 245 g/mol. The van der Waals surface area contributed by atoms with Crippen molar-refractivity contribution in [3.8, 4) is 0 Å². The van der Waals surface area contributed by atoms with Crippen LogP contribution in [-0.2, 0) is 9.47 Å². The Morgan fingerprint density at radius 3 is 2.65 bits per heavy atom. The first kappa shape index (κ1) is 14.2. The summed E-state index contributed by atoms with van der Waals surface area (Å²) in [7, 11) is 1.89. The Morgan fingerprint density at radius 2 is 2.06 bits per heavy atom. The zero-order valence-corrected chi connectivity index (χ0v) is 10.7. The summed E-state index contributed by atoms with van der Waals surface area (Å²) in [5.41, 5.74) is 0. The number of urea groups is 1. The number of nitrogens with zero attached hydrogens (tertiary/aromatic N) is 1. The predicted molar refractivity (Wildman–Crippen MR) is 65.1 cm³/mol. The molecule has 17 heavy (non-hydrogen) atoms. The molecule has 2 amide bonds. The molecule has 6 heteroatoms. The van der Waals surface area contributed by atoms with Crippen LogP contribution in [0.1, 0.15) is 6.92 Å². The molecule has 0 aromatic rings. The molecule has 0 aromatic heterocycles. The molecule has 1 fully saturated rings. The van der Waals surface area contributed by atoms with E-state index in [-0.39, 0.29) is 12.1 Å². The summed E-state index contributed by atoms with van der Waals surface area (Å²) in [4.78, 5) is 13.1. The lowest BCUT2D eigenvalue weighted by Crippen LogP contribution is -2.35. The van der Waals surface area contributed by atoms with E-state index in [1.165, 1.54) is 0 Å². The van der Waals surface area contributed by atoms with Gasteiger partial charge in [-0.3, -0.25) is 0 Å². The smallest absolute Gasteiger partial charge is 0.317 e. The zero-order valence-electron chi connectivity index (χ0n) is 10.7. The highest BCUT2D eigenvalue weighted by atomic mass is 16.5. The molecule has 1 heterocycles. The maximum Gasteiger partial charge on any atom is 0.317 e.